The number of nitrogens with zero attached hydrogens (tertiary/aromatic N) is 2. The van der Waals surface area contributed by atoms with Gasteiger partial charge in [-0.2, -0.15) is 0 Å². The van der Waals surface area contributed by atoms with E-state index >= 15 is 0 Å². The summed E-state index contributed by atoms with van der Waals surface area (Å²) in [6, 6.07) is 10.5. The molecule has 0 aliphatic heterocycles. The minimum Gasteiger partial charge on any atom is -0.311 e. The van der Waals surface area contributed by atoms with Crippen molar-refractivity contribution >= 4 is 22.2 Å². The molecule has 0 spiro atoms. The summed E-state index contributed by atoms with van der Waals surface area (Å²) < 4.78 is 0. The molecule has 0 unspecified atom stereocenters. The van der Waals surface area contributed by atoms with Gasteiger partial charge in [0.15, 0.2) is 0 Å². The predicted octanol–water partition coefficient (Wildman–Crippen LogP) is 3.78. The number of nitrogens with one attached hydrogen (secondary N) is 1. The van der Waals surface area contributed by atoms with Crippen molar-refractivity contribution in [3.8, 4) is 10.6 Å². The second-order valence-corrected chi connectivity index (χ2v) is 5.64. The van der Waals surface area contributed by atoms with E-state index in [0.29, 0.717) is 0 Å². The minimum atomic E-state index is 0.835. The zero-order chi connectivity index (χ0) is 13.9. The highest BCUT2D eigenvalue weighted by Crippen LogP contribution is 2.26. The van der Waals surface area contributed by atoms with Crippen LogP contribution in [0.2, 0.25) is 0 Å². The Kier molecular flexibility index (Phi) is 3.76. The molecular weight excluding hydrogens is 266 g/mol. The average molecular weight is 283 g/mol. The molecule has 0 saturated carbocycles. The van der Waals surface area contributed by atoms with Crippen molar-refractivity contribution in [3.63, 3.8) is 0 Å². The Balaban J connectivity index is 1.93. The average Bonchev–Trinajstić information content (AvgIpc) is 2.93. The van der Waals surface area contributed by atoms with Crippen molar-refractivity contribution in [1.82, 2.24) is 15.3 Å². The van der Waals surface area contributed by atoms with E-state index in [-0.39, 0.29) is 0 Å². The highest BCUT2D eigenvalue weighted by atomic mass is 32.1. The number of pyridine rings is 1. The van der Waals surface area contributed by atoms with Crippen LogP contribution in [-0.2, 0) is 6.54 Å². The number of thiazole rings is 1. The topological polar surface area (TPSA) is 37.8 Å². The zero-order valence-electron chi connectivity index (χ0n) is 11.7. The zero-order valence-corrected chi connectivity index (χ0v) is 12.5. The Labute approximate surface area is 122 Å². The molecule has 4 heteroatoms. The Bertz CT molecular complexity index is 733. The lowest BCUT2D eigenvalue weighted by Gasteiger charge is -2.01. The molecule has 0 bridgehead atoms. The molecule has 0 aliphatic carbocycles. The minimum absolute atomic E-state index is 0.835. The highest BCUT2D eigenvalue weighted by Gasteiger charge is 2.06. The third kappa shape index (κ3) is 2.71. The fraction of sp³-hybridized carbons (Fsp3) is 0.250. The van der Waals surface area contributed by atoms with Gasteiger partial charge in [0, 0.05) is 28.6 Å². The molecule has 0 fully saturated rings. The molecule has 0 amide bonds. The number of hydrogen-bond acceptors (Lipinski definition) is 4. The first kappa shape index (κ1) is 13.2. The lowest BCUT2D eigenvalue weighted by atomic mass is 10.1. The molecule has 1 aromatic carbocycles. The first-order valence-electron chi connectivity index (χ1n) is 6.79. The summed E-state index contributed by atoms with van der Waals surface area (Å²) in [6.45, 7) is 5.92. The summed E-state index contributed by atoms with van der Waals surface area (Å²) >= 11 is 1.69. The second-order valence-electron chi connectivity index (χ2n) is 4.78. The number of aromatic nitrogens is 2. The van der Waals surface area contributed by atoms with Crippen LogP contribution in [0.1, 0.15) is 18.3 Å². The van der Waals surface area contributed by atoms with E-state index < -0.39 is 0 Å². The monoisotopic (exact) mass is 283 g/mol. The molecule has 3 rings (SSSR count). The molecule has 0 saturated heterocycles. The van der Waals surface area contributed by atoms with Crippen LogP contribution in [0.15, 0.2) is 35.7 Å². The normalized spacial score (nSPS) is 11.1. The van der Waals surface area contributed by atoms with Crippen LogP contribution < -0.4 is 5.32 Å². The van der Waals surface area contributed by atoms with Gasteiger partial charge < -0.3 is 5.32 Å². The summed E-state index contributed by atoms with van der Waals surface area (Å²) in [5.74, 6) is 0. The van der Waals surface area contributed by atoms with Crippen LogP contribution in [0.3, 0.4) is 0 Å². The van der Waals surface area contributed by atoms with Gasteiger partial charge >= 0.3 is 0 Å². The molecule has 3 aromatic rings. The number of benzene rings is 1. The van der Waals surface area contributed by atoms with Crippen LogP contribution in [0.5, 0.6) is 0 Å². The quantitative estimate of drug-likeness (QED) is 0.792. The van der Waals surface area contributed by atoms with Crippen molar-refractivity contribution < 1.29 is 0 Å². The predicted molar refractivity (Wildman–Crippen MR) is 85.0 cm³/mol. The van der Waals surface area contributed by atoms with Crippen molar-refractivity contribution in [1.29, 1.82) is 0 Å². The Morgan fingerprint density at radius 2 is 2.05 bits per heavy atom. The largest absolute Gasteiger partial charge is 0.311 e. The lowest BCUT2D eigenvalue weighted by Crippen LogP contribution is -2.11. The lowest BCUT2D eigenvalue weighted by molar-refractivity contribution is 0.715. The standard InChI is InChI=1S/C16H17N3S/c1-3-17-9-14-10-20-16(19-14)13-6-7-15-12(8-13)5-4-11(2)18-15/h4-8,10,17H,3,9H2,1-2H3. The summed E-state index contributed by atoms with van der Waals surface area (Å²) in [6.07, 6.45) is 0. The van der Waals surface area contributed by atoms with Crippen molar-refractivity contribution in [2.75, 3.05) is 6.54 Å². The van der Waals surface area contributed by atoms with Gasteiger partial charge in [-0.05, 0) is 37.7 Å². The maximum absolute atomic E-state index is 4.68. The fourth-order valence-electron chi connectivity index (χ4n) is 2.13. The molecular formula is C16H17N3S. The SMILES string of the molecule is CCNCc1csc(-c2ccc3nc(C)ccc3c2)n1. The van der Waals surface area contributed by atoms with Crippen molar-refractivity contribution in [2.45, 2.75) is 20.4 Å². The Hall–Kier alpha value is -1.78. The van der Waals surface area contributed by atoms with Gasteiger partial charge in [-0.25, -0.2) is 4.98 Å². The third-order valence-corrected chi connectivity index (χ3v) is 4.12. The van der Waals surface area contributed by atoms with E-state index in [2.05, 4.69) is 51.9 Å². The summed E-state index contributed by atoms with van der Waals surface area (Å²) in [7, 11) is 0. The summed E-state index contributed by atoms with van der Waals surface area (Å²) in [5, 5.41) is 7.65. The van der Waals surface area contributed by atoms with E-state index in [1.165, 1.54) is 0 Å². The first-order valence-corrected chi connectivity index (χ1v) is 7.67. The summed E-state index contributed by atoms with van der Waals surface area (Å²) in [4.78, 5) is 9.21. The maximum Gasteiger partial charge on any atom is 0.123 e. The maximum atomic E-state index is 4.68. The van der Waals surface area contributed by atoms with Crippen LogP contribution in [0.4, 0.5) is 0 Å². The molecule has 20 heavy (non-hydrogen) atoms. The molecule has 0 atom stereocenters. The van der Waals surface area contributed by atoms with E-state index in [9.17, 15) is 0 Å². The van der Waals surface area contributed by atoms with Crippen LogP contribution in [0, 0.1) is 6.92 Å². The second kappa shape index (κ2) is 5.69. The Morgan fingerprint density at radius 1 is 1.15 bits per heavy atom. The van der Waals surface area contributed by atoms with E-state index in [1.807, 2.05) is 13.0 Å². The smallest absolute Gasteiger partial charge is 0.123 e. The van der Waals surface area contributed by atoms with Gasteiger partial charge in [-0.15, -0.1) is 11.3 Å². The molecule has 3 nitrogen and oxygen atoms in total. The first-order chi connectivity index (χ1) is 9.76. The van der Waals surface area contributed by atoms with Gasteiger partial charge in [0.25, 0.3) is 0 Å². The number of rotatable bonds is 4. The molecule has 2 heterocycles. The Morgan fingerprint density at radius 3 is 2.90 bits per heavy atom. The van der Waals surface area contributed by atoms with Crippen LogP contribution in [-0.4, -0.2) is 16.5 Å². The molecule has 0 aliphatic rings. The number of hydrogen-bond donors (Lipinski definition) is 1. The molecule has 2 aromatic heterocycles. The number of fused-ring (bicyclic) bond motifs is 1. The van der Waals surface area contributed by atoms with Gasteiger partial charge in [0.2, 0.25) is 0 Å². The van der Waals surface area contributed by atoms with Gasteiger partial charge in [0.05, 0.1) is 11.2 Å². The fourth-order valence-corrected chi connectivity index (χ4v) is 2.95. The van der Waals surface area contributed by atoms with E-state index in [4.69, 9.17) is 0 Å². The van der Waals surface area contributed by atoms with Crippen molar-refractivity contribution in [3.05, 3.63) is 47.1 Å². The number of aryl methyl sites for hydroxylation is 1. The van der Waals surface area contributed by atoms with E-state index in [1.54, 1.807) is 11.3 Å². The van der Waals surface area contributed by atoms with Gasteiger partial charge in [-0.3, -0.25) is 4.98 Å². The molecule has 1 N–H and O–H groups in total. The van der Waals surface area contributed by atoms with Crippen molar-refractivity contribution in [2.24, 2.45) is 0 Å². The van der Waals surface area contributed by atoms with Gasteiger partial charge in [0.1, 0.15) is 5.01 Å². The van der Waals surface area contributed by atoms with Crippen LogP contribution >= 0.6 is 11.3 Å². The molecule has 102 valence electrons. The highest BCUT2D eigenvalue weighted by molar-refractivity contribution is 7.13. The van der Waals surface area contributed by atoms with E-state index in [0.717, 1.165) is 46.0 Å². The third-order valence-electron chi connectivity index (χ3n) is 3.18. The van der Waals surface area contributed by atoms with Crippen LogP contribution in [0.25, 0.3) is 21.5 Å². The summed E-state index contributed by atoms with van der Waals surface area (Å²) in [5.41, 5.74) is 4.36. The van der Waals surface area contributed by atoms with Gasteiger partial charge in [-0.1, -0.05) is 13.0 Å². The molecule has 0 radical (unpaired) electrons.